The van der Waals surface area contributed by atoms with Crippen molar-refractivity contribution in [3.05, 3.63) is 30.1 Å². The quantitative estimate of drug-likeness (QED) is 0.330. The van der Waals surface area contributed by atoms with E-state index in [1.165, 1.54) is 18.3 Å². The van der Waals surface area contributed by atoms with Crippen molar-refractivity contribution in [3.8, 4) is 17.0 Å². The molecule has 1 amide bonds. The van der Waals surface area contributed by atoms with Crippen molar-refractivity contribution in [3.63, 3.8) is 0 Å². The lowest BCUT2D eigenvalue weighted by Crippen LogP contribution is -2.46. The summed E-state index contributed by atoms with van der Waals surface area (Å²) in [6, 6.07) is 2.53. The number of aromatic nitrogens is 3. The average Bonchev–Trinajstić information content (AvgIpc) is 3.46. The minimum Gasteiger partial charge on any atom is -0.453 e. The van der Waals surface area contributed by atoms with Crippen LogP contribution in [-0.4, -0.2) is 52.9 Å². The Hall–Kier alpha value is -3.68. The number of amides is 1. The van der Waals surface area contributed by atoms with Crippen LogP contribution in [0, 0.1) is 0 Å². The van der Waals surface area contributed by atoms with Crippen molar-refractivity contribution in [1.82, 2.24) is 20.3 Å². The SMILES string of the molecule is COC(=O)Nc1ccc2c(-c3nc(NC4CCC5(CC5)NC4)ncc3C(F)(F)F)c[nH]c2c1OC(F)F. The van der Waals surface area contributed by atoms with Crippen LogP contribution in [0.4, 0.5) is 38.4 Å². The summed E-state index contributed by atoms with van der Waals surface area (Å²) in [5.41, 5.74) is -1.55. The molecule has 1 unspecified atom stereocenters. The number of anilines is 2. The van der Waals surface area contributed by atoms with Gasteiger partial charge in [-0.15, -0.1) is 0 Å². The van der Waals surface area contributed by atoms with Crippen LogP contribution in [0.3, 0.4) is 0 Å². The van der Waals surface area contributed by atoms with Gasteiger partial charge in [0, 0.05) is 41.5 Å². The van der Waals surface area contributed by atoms with Crippen molar-refractivity contribution < 1.29 is 36.2 Å². The van der Waals surface area contributed by atoms with Crippen molar-refractivity contribution in [2.24, 2.45) is 0 Å². The summed E-state index contributed by atoms with van der Waals surface area (Å²) < 4.78 is 77.1. The first-order valence-corrected chi connectivity index (χ1v) is 11.5. The summed E-state index contributed by atoms with van der Waals surface area (Å²) in [5, 5.41) is 8.94. The smallest absolute Gasteiger partial charge is 0.419 e. The fraction of sp³-hybridized carbons (Fsp3) is 0.435. The molecule has 4 N–H and O–H groups in total. The predicted octanol–water partition coefficient (Wildman–Crippen LogP) is 5.12. The maximum absolute atomic E-state index is 13.9. The maximum atomic E-state index is 13.9. The third-order valence-electron chi connectivity index (χ3n) is 6.67. The molecule has 2 fully saturated rings. The molecule has 1 spiro atoms. The van der Waals surface area contributed by atoms with Gasteiger partial charge in [0.25, 0.3) is 0 Å². The summed E-state index contributed by atoms with van der Waals surface area (Å²) >= 11 is 0. The minimum absolute atomic E-state index is 0.00443. The van der Waals surface area contributed by atoms with Gasteiger partial charge in [0.05, 0.1) is 24.0 Å². The molecule has 2 aromatic heterocycles. The van der Waals surface area contributed by atoms with E-state index in [2.05, 4.69) is 40.4 Å². The van der Waals surface area contributed by atoms with Crippen LogP contribution in [0.15, 0.2) is 24.5 Å². The standard InChI is InChI=1S/C23H23F5N6O3/c1-36-21(35)33-15-3-2-12-13(9-29-17(12)18(15)37-19(24)25)16-14(23(26,27)28)10-30-20(34-16)32-11-4-5-22(6-7-22)31-8-11/h2-3,9-11,19,29,31H,4-8H2,1H3,(H,33,35)(H,30,32,34). The molecule has 2 aliphatic rings. The van der Waals surface area contributed by atoms with Crippen LogP contribution in [0.1, 0.15) is 31.2 Å². The fourth-order valence-electron chi connectivity index (χ4n) is 4.57. The van der Waals surface area contributed by atoms with Crippen molar-refractivity contribution in [2.45, 2.75) is 50.1 Å². The molecule has 5 rings (SSSR count). The van der Waals surface area contributed by atoms with Gasteiger partial charge >= 0.3 is 18.9 Å². The Labute approximate surface area is 207 Å². The van der Waals surface area contributed by atoms with Crippen LogP contribution < -0.4 is 20.7 Å². The molecule has 1 saturated heterocycles. The minimum atomic E-state index is -4.78. The van der Waals surface area contributed by atoms with Crippen LogP contribution >= 0.6 is 0 Å². The number of methoxy groups -OCH3 is 1. The molecule has 1 aromatic carbocycles. The Balaban J connectivity index is 1.54. The normalized spacial score (nSPS) is 18.7. The number of alkyl halides is 5. The highest BCUT2D eigenvalue weighted by Gasteiger charge is 2.45. The number of ether oxygens (including phenoxy) is 2. The van der Waals surface area contributed by atoms with E-state index in [1.807, 2.05) is 0 Å². The highest BCUT2D eigenvalue weighted by molar-refractivity contribution is 6.03. The van der Waals surface area contributed by atoms with Gasteiger partial charge in [0.1, 0.15) is 5.56 Å². The summed E-state index contributed by atoms with van der Waals surface area (Å²) in [6.07, 6.45) is 0.208. The summed E-state index contributed by atoms with van der Waals surface area (Å²) in [4.78, 5) is 22.4. The highest BCUT2D eigenvalue weighted by atomic mass is 19.4. The maximum Gasteiger partial charge on any atom is 0.419 e. The molecular formula is C23H23F5N6O3. The van der Waals surface area contributed by atoms with E-state index in [0.717, 1.165) is 32.8 Å². The molecule has 3 heterocycles. The molecular weight excluding hydrogens is 503 g/mol. The first kappa shape index (κ1) is 25.0. The number of hydrogen-bond acceptors (Lipinski definition) is 7. The molecule has 1 atom stereocenters. The first-order valence-electron chi connectivity index (χ1n) is 11.5. The van der Waals surface area contributed by atoms with E-state index in [1.54, 1.807) is 0 Å². The molecule has 198 valence electrons. The fourth-order valence-corrected chi connectivity index (χ4v) is 4.57. The number of piperidine rings is 1. The van der Waals surface area contributed by atoms with Crippen molar-refractivity contribution >= 4 is 28.6 Å². The van der Waals surface area contributed by atoms with Crippen molar-refractivity contribution in [1.29, 1.82) is 0 Å². The molecule has 0 radical (unpaired) electrons. The number of aromatic amines is 1. The van der Waals surface area contributed by atoms with Crippen LogP contribution in [0.5, 0.6) is 5.75 Å². The van der Waals surface area contributed by atoms with Gasteiger partial charge in [-0.05, 0) is 37.8 Å². The zero-order chi connectivity index (χ0) is 26.4. The number of nitrogens with one attached hydrogen (secondary N) is 4. The Bertz CT molecular complexity index is 1310. The molecule has 0 bridgehead atoms. The number of nitrogens with zero attached hydrogens (tertiary/aromatic N) is 2. The average molecular weight is 526 g/mol. The number of halogens is 5. The highest BCUT2D eigenvalue weighted by Crippen LogP contribution is 2.44. The first-order chi connectivity index (χ1) is 17.6. The van der Waals surface area contributed by atoms with Gasteiger partial charge in [0.15, 0.2) is 5.75 Å². The van der Waals surface area contributed by atoms with E-state index in [4.69, 9.17) is 0 Å². The number of carbonyl (C=O) groups excluding carboxylic acids is 1. The second-order valence-electron chi connectivity index (χ2n) is 9.06. The molecule has 9 nitrogen and oxygen atoms in total. The summed E-state index contributed by atoms with van der Waals surface area (Å²) in [6.45, 7) is -2.63. The Morgan fingerprint density at radius 1 is 1.24 bits per heavy atom. The van der Waals surface area contributed by atoms with E-state index in [0.29, 0.717) is 12.7 Å². The Morgan fingerprint density at radius 3 is 2.65 bits per heavy atom. The Morgan fingerprint density at radius 2 is 2.03 bits per heavy atom. The summed E-state index contributed by atoms with van der Waals surface area (Å²) in [5.74, 6) is -0.448. The third-order valence-corrected chi connectivity index (χ3v) is 6.67. The van der Waals surface area contributed by atoms with Gasteiger partial charge in [-0.25, -0.2) is 14.8 Å². The molecule has 1 saturated carbocycles. The van der Waals surface area contributed by atoms with E-state index < -0.39 is 35.9 Å². The Kier molecular flexibility index (Phi) is 6.30. The number of benzene rings is 1. The zero-order valence-corrected chi connectivity index (χ0v) is 19.5. The van der Waals surface area contributed by atoms with Gasteiger partial charge < -0.3 is 25.1 Å². The molecule has 3 aromatic rings. The van der Waals surface area contributed by atoms with Gasteiger partial charge in [0.2, 0.25) is 5.95 Å². The molecule has 37 heavy (non-hydrogen) atoms. The second kappa shape index (κ2) is 9.32. The third kappa shape index (κ3) is 5.10. The molecule has 1 aliphatic heterocycles. The van der Waals surface area contributed by atoms with Crippen molar-refractivity contribution in [2.75, 3.05) is 24.3 Å². The molecule has 14 heteroatoms. The molecule has 1 aliphatic carbocycles. The van der Waals surface area contributed by atoms with Crippen LogP contribution in [0.25, 0.3) is 22.2 Å². The second-order valence-corrected chi connectivity index (χ2v) is 9.06. The largest absolute Gasteiger partial charge is 0.453 e. The van der Waals surface area contributed by atoms with E-state index >= 15 is 0 Å². The number of fused-ring (bicyclic) bond motifs is 1. The predicted molar refractivity (Wildman–Crippen MR) is 124 cm³/mol. The van der Waals surface area contributed by atoms with Crippen LogP contribution in [-0.2, 0) is 10.9 Å². The van der Waals surface area contributed by atoms with E-state index in [9.17, 15) is 26.7 Å². The van der Waals surface area contributed by atoms with E-state index in [-0.39, 0.29) is 39.7 Å². The lowest BCUT2D eigenvalue weighted by molar-refractivity contribution is -0.137. The lowest BCUT2D eigenvalue weighted by Gasteiger charge is -2.30. The summed E-state index contributed by atoms with van der Waals surface area (Å²) in [7, 11) is 1.08. The van der Waals surface area contributed by atoms with Gasteiger partial charge in [-0.3, -0.25) is 5.32 Å². The zero-order valence-electron chi connectivity index (χ0n) is 19.5. The lowest BCUT2D eigenvalue weighted by atomic mass is 9.99. The van der Waals surface area contributed by atoms with Crippen LogP contribution in [0.2, 0.25) is 0 Å². The topological polar surface area (TPSA) is 113 Å². The number of carbonyl (C=O) groups is 1. The number of hydrogen-bond donors (Lipinski definition) is 4. The van der Waals surface area contributed by atoms with Gasteiger partial charge in [-0.1, -0.05) is 0 Å². The van der Waals surface area contributed by atoms with Gasteiger partial charge in [-0.2, -0.15) is 22.0 Å². The number of rotatable bonds is 6. The monoisotopic (exact) mass is 526 g/mol. The number of H-pyrrole nitrogens is 1.